The van der Waals surface area contributed by atoms with E-state index < -0.39 is 0 Å². The van der Waals surface area contributed by atoms with Gasteiger partial charge in [-0.2, -0.15) is 10.5 Å². The molecule has 0 aliphatic carbocycles. The summed E-state index contributed by atoms with van der Waals surface area (Å²) >= 11 is 3.47. The lowest BCUT2D eigenvalue weighted by Gasteiger charge is -2.15. The normalized spacial score (nSPS) is 11.4. The molecule has 0 saturated heterocycles. The molecule has 0 N–H and O–H groups in total. The van der Waals surface area contributed by atoms with E-state index in [4.69, 9.17) is 10.5 Å². The van der Waals surface area contributed by atoms with Crippen LogP contribution < -0.4 is 0 Å². The van der Waals surface area contributed by atoms with E-state index in [9.17, 15) is 0 Å². The third kappa shape index (κ3) is 3.94. The number of benzene rings is 6. The van der Waals surface area contributed by atoms with E-state index in [1.54, 1.807) is 23.5 Å². The van der Waals surface area contributed by atoms with E-state index in [1.807, 2.05) is 0 Å². The summed E-state index contributed by atoms with van der Waals surface area (Å²) in [5.74, 6) is 1.52. The predicted molar refractivity (Wildman–Crippen MR) is 156 cm³/mol. The monoisotopic (exact) mass is 498 g/mol. The van der Waals surface area contributed by atoms with Crippen LogP contribution in [0.2, 0.25) is 0 Å². The maximum Gasteiger partial charge on any atom is 0.0630 e. The lowest BCUT2D eigenvalue weighted by atomic mass is 9.91. The molecule has 0 aliphatic heterocycles. The van der Waals surface area contributed by atoms with E-state index in [0.717, 1.165) is 11.5 Å². The minimum absolute atomic E-state index is 0.514. The molecule has 0 spiro atoms. The average Bonchev–Trinajstić information content (AvgIpc) is 2.92. The molecule has 172 valence electrons. The summed E-state index contributed by atoms with van der Waals surface area (Å²) in [6.45, 7) is 0. The summed E-state index contributed by atoms with van der Waals surface area (Å²) in [7, 11) is 0. The van der Waals surface area contributed by atoms with Gasteiger partial charge in [-0.1, -0.05) is 72.8 Å². The molecule has 0 aliphatic rings. The number of hydrogen-bond acceptors (Lipinski definition) is 4. The van der Waals surface area contributed by atoms with Crippen molar-refractivity contribution in [3.05, 3.63) is 84.9 Å². The molecular weight excluding hydrogens is 477 g/mol. The Kier molecular flexibility index (Phi) is 6.16. The van der Waals surface area contributed by atoms with Crippen LogP contribution in [0.5, 0.6) is 0 Å². The largest absolute Gasteiger partial charge is 0.198 e. The van der Waals surface area contributed by atoms with E-state index in [-0.39, 0.29) is 0 Å². The van der Waals surface area contributed by atoms with Crippen LogP contribution in [0, 0.1) is 22.7 Å². The molecule has 36 heavy (non-hydrogen) atoms. The van der Waals surface area contributed by atoms with Crippen LogP contribution in [0.15, 0.2) is 94.7 Å². The topological polar surface area (TPSA) is 47.6 Å². The summed E-state index contributed by atoms with van der Waals surface area (Å²) in [5.41, 5.74) is 0. The maximum absolute atomic E-state index is 9.10. The third-order valence-electron chi connectivity index (χ3n) is 6.69. The van der Waals surface area contributed by atoms with Crippen LogP contribution in [0.4, 0.5) is 0 Å². The van der Waals surface area contributed by atoms with Gasteiger partial charge < -0.3 is 0 Å². The molecule has 0 atom stereocenters. The molecule has 0 heterocycles. The Morgan fingerprint density at radius 1 is 0.500 bits per heavy atom. The van der Waals surface area contributed by atoms with Crippen LogP contribution in [0.1, 0.15) is 12.8 Å². The van der Waals surface area contributed by atoms with E-state index >= 15 is 0 Å². The van der Waals surface area contributed by atoms with Gasteiger partial charge in [-0.05, 0) is 66.0 Å². The van der Waals surface area contributed by atoms with Gasteiger partial charge in [0.2, 0.25) is 0 Å². The number of thioether (sulfide) groups is 2. The van der Waals surface area contributed by atoms with Gasteiger partial charge in [0, 0.05) is 34.1 Å². The predicted octanol–water partition coefficient (Wildman–Crippen LogP) is 9.46. The van der Waals surface area contributed by atoms with Crippen molar-refractivity contribution in [2.45, 2.75) is 22.6 Å². The van der Waals surface area contributed by atoms with Gasteiger partial charge in [0.1, 0.15) is 0 Å². The molecule has 6 aromatic rings. The molecule has 0 bridgehead atoms. The molecular formula is C32H22N2S2. The van der Waals surface area contributed by atoms with Crippen molar-refractivity contribution in [3.63, 3.8) is 0 Å². The van der Waals surface area contributed by atoms with Crippen molar-refractivity contribution in [2.75, 3.05) is 11.5 Å². The summed E-state index contributed by atoms with van der Waals surface area (Å²) < 4.78 is 0. The van der Waals surface area contributed by atoms with Crippen LogP contribution in [-0.2, 0) is 0 Å². The highest BCUT2D eigenvalue weighted by Gasteiger charge is 2.14. The minimum Gasteiger partial charge on any atom is -0.198 e. The van der Waals surface area contributed by atoms with Crippen LogP contribution in [0.25, 0.3) is 53.9 Å². The molecule has 0 saturated carbocycles. The van der Waals surface area contributed by atoms with E-state index in [2.05, 4.69) is 97.1 Å². The summed E-state index contributed by atoms with van der Waals surface area (Å²) in [5, 5.41) is 30.7. The number of hydrogen-bond donors (Lipinski definition) is 0. The number of nitriles is 2. The second kappa shape index (κ2) is 9.75. The molecule has 0 amide bonds. The van der Waals surface area contributed by atoms with Crippen molar-refractivity contribution in [3.8, 4) is 12.1 Å². The second-order valence-corrected chi connectivity index (χ2v) is 11.1. The quantitative estimate of drug-likeness (QED) is 0.130. The summed E-state index contributed by atoms with van der Waals surface area (Å²) in [6.07, 6.45) is 1.03. The molecule has 0 aromatic heterocycles. The molecule has 2 nitrogen and oxygen atoms in total. The smallest absolute Gasteiger partial charge is 0.0630 e. The lowest BCUT2D eigenvalue weighted by Crippen LogP contribution is -1.89. The summed E-state index contributed by atoms with van der Waals surface area (Å²) in [6, 6.07) is 35.6. The first-order valence-corrected chi connectivity index (χ1v) is 14.0. The van der Waals surface area contributed by atoms with Crippen molar-refractivity contribution in [2.24, 2.45) is 0 Å². The second-order valence-electron chi connectivity index (χ2n) is 8.81. The van der Waals surface area contributed by atoms with Crippen molar-refractivity contribution in [1.29, 1.82) is 10.5 Å². The van der Waals surface area contributed by atoms with Gasteiger partial charge in [-0.25, -0.2) is 0 Å². The average molecular weight is 499 g/mol. The van der Waals surface area contributed by atoms with E-state index in [1.165, 1.54) is 63.7 Å². The highest BCUT2D eigenvalue weighted by atomic mass is 32.2. The SMILES string of the molecule is N#CCCSc1cc2ccc3ccc4ccc5ccc6ccccc6c5c4c3c2cc1SCCC#N. The fraction of sp³-hybridized carbons (Fsp3) is 0.125. The van der Waals surface area contributed by atoms with Crippen LogP contribution in [-0.4, -0.2) is 11.5 Å². The first-order chi connectivity index (χ1) is 17.8. The molecule has 0 fully saturated rings. The van der Waals surface area contributed by atoms with Crippen LogP contribution >= 0.6 is 23.5 Å². The number of rotatable bonds is 6. The van der Waals surface area contributed by atoms with Gasteiger partial charge in [-0.15, -0.1) is 23.5 Å². The Morgan fingerprint density at radius 3 is 1.64 bits per heavy atom. The van der Waals surface area contributed by atoms with Crippen molar-refractivity contribution >= 4 is 77.4 Å². The Labute approximate surface area is 218 Å². The zero-order valence-electron chi connectivity index (χ0n) is 19.6. The van der Waals surface area contributed by atoms with Crippen molar-refractivity contribution in [1.82, 2.24) is 0 Å². The molecule has 6 rings (SSSR count). The minimum atomic E-state index is 0.514. The van der Waals surface area contributed by atoms with Gasteiger partial charge in [0.15, 0.2) is 0 Å². The first kappa shape index (κ1) is 22.7. The Balaban J connectivity index is 1.72. The zero-order valence-corrected chi connectivity index (χ0v) is 21.3. The highest BCUT2D eigenvalue weighted by molar-refractivity contribution is 8.02. The van der Waals surface area contributed by atoms with Crippen LogP contribution in [0.3, 0.4) is 0 Å². The van der Waals surface area contributed by atoms with E-state index in [0.29, 0.717) is 12.8 Å². The van der Waals surface area contributed by atoms with Gasteiger partial charge in [-0.3, -0.25) is 0 Å². The Morgan fingerprint density at radius 2 is 1.00 bits per heavy atom. The molecule has 6 aromatic carbocycles. The Hall–Kier alpha value is -3.70. The summed E-state index contributed by atoms with van der Waals surface area (Å²) in [4.78, 5) is 2.38. The first-order valence-electron chi connectivity index (χ1n) is 12.0. The van der Waals surface area contributed by atoms with Gasteiger partial charge in [0.25, 0.3) is 0 Å². The lowest BCUT2D eigenvalue weighted by molar-refractivity contribution is 1.20. The fourth-order valence-corrected chi connectivity index (χ4v) is 7.10. The third-order valence-corrected chi connectivity index (χ3v) is 8.94. The fourth-order valence-electron chi connectivity index (χ4n) is 5.11. The number of nitrogens with zero attached hydrogens (tertiary/aromatic N) is 2. The van der Waals surface area contributed by atoms with Gasteiger partial charge in [0.05, 0.1) is 12.1 Å². The molecule has 0 unspecified atom stereocenters. The van der Waals surface area contributed by atoms with Gasteiger partial charge >= 0.3 is 0 Å². The zero-order chi connectivity index (χ0) is 24.5. The Bertz CT molecular complexity index is 1870. The number of fused-ring (bicyclic) bond motifs is 9. The highest BCUT2D eigenvalue weighted by Crippen LogP contribution is 2.42. The molecule has 0 radical (unpaired) electrons. The maximum atomic E-state index is 9.10. The van der Waals surface area contributed by atoms with Crippen molar-refractivity contribution < 1.29 is 0 Å². The molecule has 4 heteroatoms. The standard InChI is InChI=1S/C32H22N2S2/c33-15-3-17-35-28-19-25-14-13-23-10-12-24-11-9-22-8-7-21-5-1-2-6-26(21)30(22)32(24)31(23)27(25)20-29(28)36-18-4-16-34/h1-2,5-14,19-20H,3-4,17-18H2.